The molecule has 1 fully saturated rings. The summed E-state index contributed by atoms with van der Waals surface area (Å²) >= 11 is 0. The molecule has 0 aromatic carbocycles. The summed E-state index contributed by atoms with van der Waals surface area (Å²) in [6.45, 7) is 5.65. The van der Waals surface area contributed by atoms with E-state index in [2.05, 4.69) is 18.7 Å². The third kappa shape index (κ3) is 2.71. The lowest BCUT2D eigenvalue weighted by molar-refractivity contribution is 0.174. The standard InChI is InChI=1S/C11H23N3/c1-3-9-6-5-7-14(9)10(4-2)8-11(12)13/h9-10H,3-8H2,1-2H3,(H3,12,13). The average molecular weight is 197 g/mol. The normalized spacial score (nSPS) is 25.1. The van der Waals surface area contributed by atoms with Gasteiger partial charge in [0.25, 0.3) is 0 Å². The second-order valence-electron chi connectivity index (χ2n) is 4.23. The van der Waals surface area contributed by atoms with Gasteiger partial charge in [-0.3, -0.25) is 10.3 Å². The van der Waals surface area contributed by atoms with E-state index in [1.165, 1.54) is 25.8 Å². The second-order valence-corrected chi connectivity index (χ2v) is 4.23. The van der Waals surface area contributed by atoms with Gasteiger partial charge in [0.2, 0.25) is 0 Å². The minimum Gasteiger partial charge on any atom is -0.388 e. The molecular weight excluding hydrogens is 174 g/mol. The van der Waals surface area contributed by atoms with E-state index in [-0.39, 0.29) is 0 Å². The molecule has 0 saturated carbocycles. The van der Waals surface area contributed by atoms with Crippen LogP contribution in [-0.4, -0.2) is 29.4 Å². The maximum Gasteiger partial charge on any atom is 0.0921 e. The monoisotopic (exact) mass is 197 g/mol. The van der Waals surface area contributed by atoms with E-state index in [4.69, 9.17) is 11.1 Å². The quantitative estimate of drug-likeness (QED) is 0.523. The molecule has 0 radical (unpaired) electrons. The smallest absolute Gasteiger partial charge is 0.0921 e. The van der Waals surface area contributed by atoms with Crippen molar-refractivity contribution < 1.29 is 0 Å². The molecule has 3 N–H and O–H groups in total. The number of hydrogen-bond donors (Lipinski definition) is 2. The third-order valence-corrected chi connectivity index (χ3v) is 3.29. The lowest BCUT2D eigenvalue weighted by Gasteiger charge is -2.31. The highest BCUT2D eigenvalue weighted by Gasteiger charge is 2.28. The van der Waals surface area contributed by atoms with Crippen molar-refractivity contribution in [2.75, 3.05) is 6.54 Å². The van der Waals surface area contributed by atoms with Gasteiger partial charge < -0.3 is 5.73 Å². The summed E-state index contributed by atoms with van der Waals surface area (Å²) < 4.78 is 0. The van der Waals surface area contributed by atoms with E-state index in [1.807, 2.05) is 0 Å². The van der Waals surface area contributed by atoms with Crippen LogP contribution in [0.5, 0.6) is 0 Å². The number of rotatable bonds is 5. The van der Waals surface area contributed by atoms with Gasteiger partial charge in [0, 0.05) is 18.5 Å². The Kier molecular flexibility index (Phi) is 4.39. The molecule has 0 amide bonds. The van der Waals surface area contributed by atoms with Crippen LogP contribution in [-0.2, 0) is 0 Å². The summed E-state index contributed by atoms with van der Waals surface area (Å²) in [5.74, 6) is 0.332. The predicted molar refractivity (Wildman–Crippen MR) is 60.6 cm³/mol. The maximum absolute atomic E-state index is 7.37. The molecule has 0 aliphatic carbocycles. The molecule has 1 heterocycles. The zero-order valence-electron chi connectivity index (χ0n) is 9.42. The van der Waals surface area contributed by atoms with Crippen molar-refractivity contribution in [1.29, 1.82) is 5.41 Å². The molecule has 3 nitrogen and oxygen atoms in total. The summed E-state index contributed by atoms with van der Waals surface area (Å²) in [5, 5.41) is 7.37. The molecule has 3 heteroatoms. The Bertz CT molecular complexity index is 191. The molecule has 82 valence electrons. The van der Waals surface area contributed by atoms with E-state index >= 15 is 0 Å². The van der Waals surface area contributed by atoms with E-state index in [0.29, 0.717) is 11.9 Å². The van der Waals surface area contributed by atoms with Gasteiger partial charge in [-0.2, -0.15) is 0 Å². The molecule has 1 aliphatic rings. The van der Waals surface area contributed by atoms with Crippen molar-refractivity contribution in [2.45, 2.75) is 58.0 Å². The molecular formula is C11H23N3. The van der Waals surface area contributed by atoms with Crippen LogP contribution in [0.3, 0.4) is 0 Å². The van der Waals surface area contributed by atoms with E-state index in [1.54, 1.807) is 0 Å². The Balaban J connectivity index is 2.54. The van der Waals surface area contributed by atoms with Crippen LogP contribution in [0, 0.1) is 5.41 Å². The topological polar surface area (TPSA) is 53.1 Å². The molecule has 14 heavy (non-hydrogen) atoms. The first-order chi connectivity index (χ1) is 6.69. The number of hydrogen-bond acceptors (Lipinski definition) is 2. The van der Waals surface area contributed by atoms with Crippen LogP contribution < -0.4 is 5.73 Å². The highest BCUT2D eigenvalue weighted by atomic mass is 15.2. The first-order valence-corrected chi connectivity index (χ1v) is 5.77. The lowest BCUT2D eigenvalue weighted by atomic mass is 10.1. The summed E-state index contributed by atoms with van der Waals surface area (Å²) in [6.07, 6.45) is 5.72. The lowest BCUT2D eigenvalue weighted by Crippen LogP contribution is -2.40. The minimum atomic E-state index is 0.332. The van der Waals surface area contributed by atoms with Crippen molar-refractivity contribution in [3.8, 4) is 0 Å². The fourth-order valence-corrected chi connectivity index (χ4v) is 2.53. The van der Waals surface area contributed by atoms with Crippen LogP contribution in [0.25, 0.3) is 0 Å². The van der Waals surface area contributed by atoms with Crippen molar-refractivity contribution >= 4 is 5.84 Å². The molecule has 1 rings (SSSR count). The summed E-state index contributed by atoms with van der Waals surface area (Å²) in [4.78, 5) is 2.56. The highest BCUT2D eigenvalue weighted by molar-refractivity contribution is 5.77. The largest absolute Gasteiger partial charge is 0.388 e. The van der Waals surface area contributed by atoms with E-state index in [9.17, 15) is 0 Å². The molecule has 0 spiro atoms. The van der Waals surface area contributed by atoms with Crippen LogP contribution in [0.15, 0.2) is 0 Å². The third-order valence-electron chi connectivity index (χ3n) is 3.29. The fourth-order valence-electron chi connectivity index (χ4n) is 2.53. The Morgan fingerprint density at radius 3 is 2.79 bits per heavy atom. The first-order valence-electron chi connectivity index (χ1n) is 5.77. The van der Waals surface area contributed by atoms with Crippen LogP contribution in [0.1, 0.15) is 46.0 Å². The second kappa shape index (κ2) is 5.35. The van der Waals surface area contributed by atoms with Gasteiger partial charge in [0.05, 0.1) is 5.84 Å². The predicted octanol–water partition coefficient (Wildman–Crippen LogP) is 1.97. The van der Waals surface area contributed by atoms with Gasteiger partial charge in [0.1, 0.15) is 0 Å². The van der Waals surface area contributed by atoms with Gasteiger partial charge >= 0.3 is 0 Å². The number of nitrogens with one attached hydrogen (secondary N) is 1. The van der Waals surface area contributed by atoms with Crippen molar-refractivity contribution in [3.63, 3.8) is 0 Å². The number of likely N-dealkylation sites (tertiary alicyclic amines) is 1. The Hall–Kier alpha value is -0.570. The molecule has 0 aromatic heterocycles. The van der Waals surface area contributed by atoms with Gasteiger partial charge in [-0.25, -0.2) is 0 Å². The number of amidine groups is 1. The minimum absolute atomic E-state index is 0.332. The van der Waals surface area contributed by atoms with Crippen LogP contribution in [0.2, 0.25) is 0 Å². The van der Waals surface area contributed by atoms with E-state index in [0.717, 1.165) is 18.9 Å². The number of nitrogens with zero attached hydrogens (tertiary/aromatic N) is 1. The Morgan fingerprint density at radius 2 is 2.29 bits per heavy atom. The molecule has 0 aromatic rings. The van der Waals surface area contributed by atoms with Crippen LogP contribution in [0.4, 0.5) is 0 Å². The molecule has 2 unspecified atom stereocenters. The maximum atomic E-state index is 7.37. The van der Waals surface area contributed by atoms with Gasteiger partial charge in [0.15, 0.2) is 0 Å². The molecule has 2 atom stereocenters. The van der Waals surface area contributed by atoms with Crippen molar-refractivity contribution in [1.82, 2.24) is 4.90 Å². The van der Waals surface area contributed by atoms with Crippen LogP contribution >= 0.6 is 0 Å². The summed E-state index contributed by atoms with van der Waals surface area (Å²) in [6, 6.07) is 1.24. The first kappa shape index (κ1) is 11.5. The summed E-state index contributed by atoms with van der Waals surface area (Å²) in [5.41, 5.74) is 5.48. The molecule has 1 aliphatic heterocycles. The van der Waals surface area contributed by atoms with Crippen molar-refractivity contribution in [2.24, 2.45) is 5.73 Å². The van der Waals surface area contributed by atoms with Gasteiger partial charge in [-0.05, 0) is 32.2 Å². The average Bonchev–Trinajstić information content (AvgIpc) is 2.61. The molecule has 1 saturated heterocycles. The molecule has 0 bridgehead atoms. The number of nitrogens with two attached hydrogens (primary N) is 1. The Morgan fingerprint density at radius 1 is 1.57 bits per heavy atom. The zero-order valence-corrected chi connectivity index (χ0v) is 9.42. The van der Waals surface area contributed by atoms with Crippen molar-refractivity contribution in [3.05, 3.63) is 0 Å². The highest BCUT2D eigenvalue weighted by Crippen LogP contribution is 2.24. The fraction of sp³-hybridized carbons (Fsp3) is 0.909. The van der Waals surface area contributed by atoms with Gasteiger partial charge in [-0.1, -0.05) is 13.8 Å². The summed E-state index contributed by atoms with van der Waals surface area (Å²) in [7, 11) is 0. The zero-order chi connectivity index (χ0) is 10.6. The Labute approximate surface area is 87.2 Å². The van der Waals surface area contributed by atoms with Gasteiger partial charge in [-0.15, -0.1) is 0 Å². The SMILES string of the molecule is CCC1CCCN1C(CC)CC(=N)N. The van der Waals surface area contributed by atoms with E-state index < -0.39 is 0 Å².